The van der Waals surface area contributed by atoms with Crippen LogP contribution in [0.15, 0.2) is 15.0 Å². The molecule has 0 amide bonds. The molecule has 0 aliphatic carbocycles. The molecule has 6 nitrogen and oxygen atoms in total. The number of hydrogen-bond donors (Lipinski definition) is 0. The molecular formula is C12H15N3O3S2. The van der Waals surface area contributed by atoms with Gasteiger partial charge in [-0.25, -0.2) is 4.98 Å². The first-order valence-corrected chi connectivity index (χ1v) is 7.95. The molecule has 2 rings (SSSR count). The summed E-state index contributed by atoms with van der Waals surface area (Å²) >= 11 is 2.76. The summed E-state index contributed by atoms with van der Waals surface area (Å²) in [5.41, 5.74) is 0.909. The number of thiazole rings is 1. The van der Waals surface area contributed by atoms with Gasteiger partial charge in [0.2, 0.25) is 5.89 Å². The average Bonchev–Trinajstić information content (AvgIpc) is 2.96. The Kier molecular flexibility index (Phi) is 5.13. The standard InChI is InChI=1S/C12H15N3O3S2/c1-7(2)17-11(16)6-20-12-15-14-10(18-12)4-9-5-19-8(3)13-9/h5,7H,4,6H2,1-3H3. The maximum absolute atomic E-state index is 11.4. The van der Waals surface area contributed by atoms with Crippen LogP contribution in [0.2, 0.25) is 0 Å². The molecule has 0 saturated heterocycles. The van der Waals surface area contributed by atoms with Crippen molar-refractivity contribution >= 4 is 29.1 Å². The molecule has 0 saturated carbocycles. The number of nitrogens with zero attached hydrogens (tertiary/aromatic N) is 3. The van der Waals surface area contributed by atoms with E-state index in [1.807, 2.05) is 26.2 Å². The second-order valence-electron chi connectivity index (χ2n) is 4.32. The molecule has 0 aliphatic heterocycles. The third kappa shape index (κ3) is 4.61. The molecule has 2 heterocycles. The van der Waals surface area contributed by atoms with Gasteiger partial charge >= 0.3 is 5.97 Å². The lowest BCUT2D eigenvalue weighted by Gasteiger charge is -2.05. The molecule has 0 radical (unpaired) electrons. The fourth-order valence-electron chi connectivity index (χ4n) is 1.43. The van der Waals surface area contributed by atoms with E-state index in [9.17, 15) is 4.79 Å². The Morgan fingerprint density at radius 1 is 1.50 bits per heavy atom. The molecule has 0 spiro atoms. The highest BCUT2D eigenvalue weighted by atomic mass is 32.2. The summed E-state index contributed by atoms with van der Waals surface area (Å²) in [6.07, 6.45) is 0.392. The molecule has 0 aromatic carbocycles. The van der Waals surface area contributed by atoms with Gasteiger partial charge in [0, 0.05) is 5.38 Å². The Morgan fingerprint density at radius 2 is 2.30 bits per heavy atom. The summed E-state index contributed by atoms with van der Waals surface area (Å²) in [4.78, 5) is 15.7. The van der Waals surface area contributed by atoms with Crippen LogP contribution in [0.25, 0.3) is 0 Å². The van der Waals surface area contributed by atoms with Gasteiger partial charge in [0.05, 0.1) is 23.2 Å². The van der Waals surface area contributed by atoms with Crippen molar-refractivity contribution in [3.63, 3.8) is 0 Å². The smallest absolute Gasteiger partial charge is 0.316 e. The van der Waals surface area contributed by atoms with E-state index in [-0.39, 0.29) is 17.8 Å². The van der Waals surface area contributed by atoms with E-state index >= 15 is 0 Å². The quantitative estimate of drug-likeness (QED) is 0.598. The van der Waals surface area contributed by atoms with Gasteiger partial charge in [-0.05, 0) is 20.8 Å². The van der Waals surface area contributed by atoms with Crippen molar-refractivity contribution in [3.8, 4) is 0 Å². The van der Waals surface area contributed by atoms with Crippen molar-refractivity contribution in [3.05, 3.63) is 22.0 Å². The Hall–Kier alpha value is -1.41. The zero-order valence-electron chi connectivity index (χ0n) is 11.5. The molecule has 0 atom stereocenters. The predicted octanol–water partition coefficient (Wildman–Crippen LogP) is 2.47. The topological polar surface area (TPSA) is 78.1 Å². The number of ether oxygens (including phenoxy) is 1. The average molecular weight is 313 g/mol. The lowest BCUT2D eigenvalue weighted by Crippen LogP contribution is -2.13. The molecule has 20 heavy (non-hydrogen) atoms. The minimum absolute atomic E-state index is 0.116. The van der Waals surface area contributed by atoms with Gasteiger partial charge in [-0.15, -0.1) is 21.5 Å². The van der Waals surface area contributed by atoms with Crippen molar-refractivity contribution in [1.82, 2.24) is 15.2 Å². The Labute approximate surface area is 125 Å². The summed E-state index contributed by atoms with van der Waals surface area (Å²) in [6, 6.07) is 0. The number of esters is 1. The number of thioether (sulfide) groups is 1. The maximum atomic E-state index is 11.4. The van der Waals surface area contributed by atoms with Crippen LogP contribution < -0.4 is 0 Å². The number of hydrogen-bond acceptors (Lipinski definition) is 8. The second-order valence-corrected chi connectivity index (χ2v) is 6.31. The Balaban J connectivity index is 1.84. The summed E-state index contributed by atoms with van der Waals surface area (Å²) in [7, 11) is 0. The van der Waals surface area contributed by atoms with Crippen LogP contribution in [-0.4, -0.2) is 33.0 Å². The minimum Gasteiger partial charge on any atom is -0.462 e. The minimum atomic E-state index is -0.292. The maximum Gasteiger partial charge on any atom is 0.316 e. The molecule has 0 unspecified atom stereocenters. The highest BCUT2D eigenvalue weighted by Gasteiger charge is 2.12. The number of carbonyl (C=O) groups excluding carboxylic acids is 1. The number of carbonyl (C=O) groups is 1. The lowest BCUT2D eigenvalue weighted by atomic mass is 10.3. The number of aryl methyl sites for hydroxylation is 1. The van der Waals surface area contributed by atoms with Crippen LogP contribution >= 0.6 is 23.1 Å². The summed E-state index contributed by atoms with van der Waals surface area (Å²) in [6.45, 7) is 5.57. The predicted molar refractivity (Wildman–Crippen MR) is 75.9 cm³/mol. The van der Waals surface area contributed by atoms with Crippen LogP contribution in [-0.2, 0) is 16.0 Å². The molecule has 8 heteroatoms. The third-order valence-corrected chi connectivity index (χ3v) is 3.74. The summed E-state index contributed by atoms with van der Waals surface area (Å²) in [5, 5.41) is 11.2. The van der Waals surface area contributed by atoms with E-state index in [2.05, 4.69) is 15.2 Å². The van der Waals surface area contributed by atoms with E-state index in [4.69, 9.17) is 9.15 Å². The monoisotopic (exact) mass is 313 g/mol. The van der Waals surface area contributed by atoms with Crippen molar-refractivity contribution < 1.29 is 13.9 Å². The number of aromatic nitrogens is 3. The highest BCUT2D eigenvalue weighted by Crippen LogP contribution is 2.18. The van der Waals surface area contributed by atoms with Crippen LogP contribution in [0, 0.1) is 6.92 Å². The molecule has 0 fully saturated rings. The van der Waals surface area contributed by atoms with Crippen molar-refractivity contribution in [2.24, 2.45) is 0 Å². The highest BCUT2D eigenvalue weighted by molar-refractivity contribution is 7.99. The van der Waals surface area contributed by atoms with Gasteiger partial charge in [0.15, 0.2) is 0 Å². The van der Waals surface area contributed by atoms with E-state index in [0.717, 1.165) is 10.7 Å². The molecule has 2 aromatic rings. The Morgan fingerprint density at radius 3 is 2.95 bits per heavy atom. The van der Waals surface area contributed by atoms with Gasteiger partial charge in [-0.1, -0.05) is 11.8 Å². The molecule has 2 aromatic heterocycles. The van der Waals surface area contributed by atoms with Crippen LogP contribution in [0.4, 0.5) is 0 Å². The van der Waals surface area contributed by atoms with E-state index < -0.39 is 0 Å². The largest absolute Gasteiger partial charge is 0.462 e. The molecule has 108 valence electrons. The van der Waals surface area contributed by atoms with E-state index in [1.165, 1.54) is 11.8 Å². The van der Waals surface area contributed by atoms with Gasteiger partial charge in [-0.2, -0.15) is 0 Å². The molecule has 0 N–H and O–H groups in total. The summed E-state index contributed by atoms with van der Waals surface area (Å²) in [5.74, 6) is 0.366. The normalized spacial score (nSPS) is 11.0. The zero-order valence-corrected chi connectivity index (χ0v) is 13.1. The second kappa shape index (κ2) is 6.85. The fourth-order valence-corrected chi connectivity index (χ4v) is 2.61. The zero-order chi connectivity index (χ0) is 14.5. The van der Waals surface area contributed by atoms with Gasteiger partial charge < -0.3 is 9.15 Å². The first-order chi connectivity index (χ1) is 9.52. The fraction of sp³-hybridized carbons (Fsp3) is 0.500. The summed E-state index contributed by atoms with van der Waals surface area (Å²) < 4.78 is 10.5. The van der Waals surface area contributed by atoms with Crippen LogP contribution in [0.1, 0.15) is 30.4 Å². The van der Waals surface area contributed by atoms with Gasteiger partial charge in [-0.3, -0.25) is 4.79 Å². The first kappa shape index (κ1) is 15.0. The third-order valence-electron chi connectivity index (χ3n) is 2.13. The molecular weight excluding hydrogens is 298 g/mol. The van der Waals surface area contributed by atoms with Crippen LogP contribution in [0.5, 0.6) is 0 Å². The molecule has 0 aliphatic rings. The van der Waals surface area contributed by atoms with Gasteiger partial charge in [0.25, 0.3) is 5.22 Å². The van der Waals surface area contributed by atoms with E-state index in [0.29, 0.717) is 17.5 Å². The van der Waals surface area contributed by atoms with Crippen molar-refractivity contribution in [1.29, 1.82) is 0 Å². The van der Waals surface area contributed by atoms with E-state index in [1.54, 1.807) is 11.3 Å². The van der Waals surface area contributed by atoms with Crippen molar-refractivity contribution in [2.45, 2.75) is 38.5 Å². The lowest BCUT2D eigenvalue weighted by molar-refractivity contribution is -0.144. The van der Waals surface area contributed by atoms with Gasteiger partial charge in [0.1, 0.15) is 5.75 Å². The number of rotatable bonds is 6. The Bertz CT molecular complexity index is 580. The molecule has 0 bridgehead atoms. The SMILES string of the molecule is Cc1nc(Cc2nnc(SCC(=O)OC(C)C)o2)cs1. The van der Waals surface area contributed by atoms with Crippen LogP contribution in [0.3, 0.4) is 0 Å². The first-order valence-electron chi connectivity index (χ1n) is 6.08. The van der Waals surface area contributed by atoms with Crippen molar-refractivity contribution in [2.75, 3.05) is 5.75 Å².